The molecule has 7 nitrogen and oxygen atoms in total. The van der Waals surface area contributed by atoms with E-state index in [4.69, 9.17) is 0 Å². The lowest BCUT2D eigenvalue weighted by molar-refractivity contribution is 0.0901. The standard InChI is InChI=1S/C24H23FN6OS2/c25-17-7-9-19(10-8-17)34-31-14-18(15-31)27-24(32)16-4-3-5-20(12-16)33-23-13-22(29-30-23)28-21-6-1-2-11-26-21/h1-13,18,22,29-30H,14-15H2,(H,26,28)(H,27,32). The Balaban J connectivity index is 1.11. The van der Waals surface area contributed by atoms with Crippen molar-refractivity contribution < 1.29 is 9.18 Å². The van der Waals surface area contributed by atoms with Crippen LogP contribution in [0.4, 0.5) is 10.2 Å². The zero-order valence-corrected chi connectivity index (χ0v) is 19.7. The second-order valence-electron chi connectivity index (χ2n) is 7.83. The molecule has 34 heavy (non-hydrogen) atoms. The zero-order valence-electron chi connectivity index (χ0n) is 18.1. The van der Waals surface area contributed by atoms with Crippen LogP contribution < -0.4 is 21.5 Å². The predicted octanol–water partition coefficient (Wildman–Crippen LogP) is 3.82. The van der Waals surface area contributed by atoms with E-state index in [0.717, 1.165) is 33.7 Å². The van der Waals surface area contributed by atoms with Crippen LogP contribution in [0.5, 0.6) is 0 Å². The number of nitrogens with zero attached hydrogens (tertiary/aromatic N) is 2. The molecular formula is C24H23FN6OS2. The third kappa shape index (κ3) is 5.89. The molecule has 0 bridgehead atoms. The Morgan fingerprint density at radius 1 is 1.06 bits per heavy atom. The van der Waals surface area contributed by atoms with Gasteiger partial charge in [-0.05, 0) is 72.6 Å². The van der Waals surface area contributed by atoms with E-state index in [9.17, 15) is 9.18 Å². The number of amides is 1. The maximum atomic E-state index is 13.0. The molecule has 0 radical (unpaired) electrons. The molecule has 0 aliphatic carbocycles. The number of benzene rings is 2. The molecule has 1 atom stereocenters. The van der Waals surface area contributed by atoms with Gasteiger partial charge in [0.1, 0.15) is 17.8 Å². The highest BCUT2D eigenvalue weighted by atomic mass is 32.2. The van der Waals surface area contributed by atoms with E-state index in [1.54, 1.807) is 42.0 Å². The first kappa shape index (κ1) is 22.7. The second kappa shape index (κ2) is 10.5. The van der Waals surface area contributed by atoms with Crippen LogP contribution in [0.15, 0.2) is 93.8 Å². The molecule has 0 saturated carbocycles. The van der Waals surface area contributed by atoms with Gasteiger partial charge < -0.3 is 16.1 Å². The molecule has 4 N–H and O–H groups in total. The number of nitrogens with one attached hydrogen (secondary N) is 4. The number of rotatable bonds is 8. The Hall–Kier alpha value is -3.05. The fourth-order valence-corrected chi connectivity index (χ4v) is 5.44. The van der Waals surface area contributed by atoms with Crippen LogP contribution >= 0.6 is 23.7 Å². The molecule has 174 valence electrons. The average molecular weight is 495 g/mol. The highest BCUT2D eigenvalue weighted by Gasteiger charge is 2.29. The van der Waals surface area contributed by atoms with Gasteiger partial charge in [0.15, 0.2) is 0 Å². The monoisotopic (exact) mass is 494 g/mol. The highest BCUT2D eigenvalue weighted by molar-refractivity contribution is 8.03. The first-order valence-corrected chi connectivity index (χ1v) is 12.4. The summed E-state index contributed by atoms with van der Waals surface area (Å²) in [4.78, 5) is 19.0. The van der Waals surface area contributed by atoms with Crippen molar-refractivity contribution in [3.63, 3.8) is 0 Å². The van der Waals surface area contributed by atoms with Gasteiger partial charge in [-0.15, -0.1) is 0 Å². The van der Waals surface area contributed by atoms with Gasteiger partial charge in [0.05, 0.1) is 11.1 Å². The molecule has 1 fully saturated rings. The van der Waals surface area contributed by atoms with Gasteiger partial charge in [0, 0.05) is 34.6 Å². The number of hydrazine groups is 1. The number of aromatic nitrogens is 1. The number of carbonyl (C=O) groups excluding carboxylic acids is 1. The third-order valence-electron chi connectivity index (χ3n) is 5.19. The molecule has 3 heterocycles. The molecule has 1 aromatic heterocycles. The van der Waals surface area contributed by atoms with Crippen LogP contribution in [0.2, 0.25) is 0 Å². The van der Waals surface area contributed by atoms with Gasteiger partial charge in [-0.1, -0.05) is 23.9 Å². The van der Waals surface area contributed by atoms with E-state index >= 15 is 0 Å². The predicted molar refractivity (Wildman–Crippen MR) is 133 cm³/mol. The lowest BCUT2D eigenvalue weighted by Crippen LogP contribution is -2.56. The summed E-state index contributed by atoms with van der Waals surface area (Å²) in [5.41, 5.74) is 6.95. The summed E-state index contributed by atoms with van der Waals surface area (Å²) in [7, 11) is 0. The van der Waals surface area contributed by atoms with E-state index in [2.05, 4.69) is 30.8 Å². The number of halogens is 1. The van der Waals surface area contributed by atoms with Crippen molar-refractivity contribution in [3.8, 4) is 0 Å². The Labute approximate surface area is 205 Å². The van der Waals surface area contributed by atoms with Crippen LogP contribution in [0.25, 0.3) is 0 Å². The maximum Gasteiger partial charge on any atom is 0.251 e. The van der Waals surface area contributed by atoms with Crippen molar-refractivity contribution in [1.29, 1.82) is 0 Å². The average Bonchev–Trinajstić information content (AvgIpc) is 3.26. The maximum absolute atomic E-state index is 13.0. The largest absolute Gasteiger partial charge is 0.350 e. The van der Waals surface area contributed by atoms with Crippen molar-refractivity contribution in [2.45, 2.75) is 22.0 Å². The number of carbonyl (C=O) groups is 1. The quantitative estimate of drug-likeness (QED) is 0.352. The van der Waals surface area contributed by atoms with Crippen LogP contribution in [-0.2, 0) is 0 Å². The van der Waals surface area contributed by atoms with E-state index in [1.165, 1.54) is 12.1 Å². The molecule has 2 aromatic carbocycles. The minimum Gasteiger partial charge on any atom is -0.350 e. The van der Waals surface area contributed by atoms with Crippen LogP contribution in [0, 0.1) is 5.82 Å². The highest BCUT2D eigenvalue weighted by Crippen LogP contribution is 2.29. The van der Waals surface area contributed by atoms with Crippen LogP contribution in [0.3, 0.4) is 0 Å². The SMILES string of the molecule is O=C(NC1CN(Sc2ccc(F)cc2)C1)c1cccc(SC2=CC(Nc3ccccn3)NN2)c1. The van der Waals surface area contributed by atoms with Crippen molar-refractivity contribution >= 4 is 35.4 Å². The molecule has 5 rings (SSSR count). The second-order valence-corrected chi connectivity index (χ2v) is 10.1. The third-order valence-corrected chi connectivity index (χ3v) is 7.18. The van der Waals surface area contributed by atoms with Crippen LogP contribution in [-0.4, -0.2) is 40.5 Å². The summed E-state index contributed by atoms with van der Waals surface area (Å²) in [5, 5.41) is 7.31. The Morgan fingerprint density at radius 2 is 1.91 bits per heavy atom. The molecule has 1 saturated heterocycles. The van der Waals surface area contributed by atoms with Crippen molar-refractivity contribution in [3.05, 3.63) is 95.4 Å². The van der Waals surface area contributed by atoms with Crippen molar-refractivity contribution in [1.82, 2.24) is 25.5 Å². The van der Waals surface area contributed by atoms with Crippen molar-refractivity contribution in [2.24, 2.45) is 0 Å². The number of hydrogen-bond acceptors (Lipinski definition) is 8. The van der Waals surface area contributed by atoms with Gasteiger partial charge in [0.2, 0.25) is 0 Å². The van der Waals surface area contributed by atoms with Gasteiger partial charge >= 0.3 is 0 Å². The van der Waals surface area contributed by atoms with Crippen LogP contribution in [0.1, 0.15) is 10.4 Å². The van der Waals surface area contributed by atoms with E-state index < -0.39 is 0 Å². The topological polar surface area (TPSA) is 81.3 Å². The first-order valence-electron chi connectivity index (χ1n) is 10.8. The Morgan fingerprint density at radius 3 is 2.71 bits per heavy atom. The fourth-order valence-electron chi connectivity index (χ4n) is 3.47. The van der Waals surface area contributed by atoms with Crippen molar-refractivity contribution in [2.75, 3.05) is 18.4 Å². The molecule has 0 spiro atoms. The van der Waals surface area contributed by atoms with Gasteiger partial charge in [-0.3, -0.25) is 4.79 Å². The smallest absolute Gasteiger partial charge is 0.251 e. The lowest BCUT2D eigenvalue weighted by atomic mass is 10.1. The molecule has 1 unspecified atom stereocenters. The zero-order chi connectivity index (χ0) is 23.3. The fraction of sp³-hybridized carbons (Fsp3) is 0.167. The Bertz CT molecular complexity index is 1170. The summed E-state index contributed by atoms with van der Waals surface area (Å²) in [6.45, 7) is 1.49. The number of hydrogen-bond donors (Lipinski definition) is 4. The number of anilines is 1. The summed E-state index contributed by atoms with van der Waals surface area (Å²) in [6, 6.07) is 19.8. The molecule has 2 aliphatic heterocycles. The molecule has 2 aliphatic rings. The minimum absolute atomic E-state index is 0.0833. The van der Waals surface area contributed by atoms with E-state index in [1.807, 2.05) is 48.5 Å². The molecule has 3 aromatic rings. The molecule has 10 heteroatoms. The van der Waals surface area contributed by atoms with Gasteiger partial charge in [-0.25, -0.2) is 19.1 Å². The van der Waals surface area contributed by atoms with E-state index in [0.29, 0.717) is 5.56 Å². The summed E-state index contributed by atoms with van der Waals surface area (Å²) in [6.07, 6.45) is 3.69. The molecule has 1 amide bonds. The normalized spacial score (nSPS) is 18.0. The lowest BCUT2D eigenvalue weighted by Gasteiger charge is -2.38. The number of pyridine rings is 1. The first-order chi connectivity index (χ1) is 16.6. The number of thioether (sulfide) groups is 1. The molecular weight excluding hydrogens is 471 g/mol. The summed E-state index contributed by atoms with van der Waals surface area (Å²) < 4.78 is 15.2. The summed E-state index contributed by atoms with van der Waals surface area (Å²) >= 11 is 3.12. The van der Waals surface area contributed by atoms with Gasteiger partial charge in [-0.2, -0.15) is 0 Å². The van der Waals surface area contributed by atoms with Gasteiger partial charge in [0.25, 0.3) is 5.91 Å². The minimum atomic E-state index is -0.240. The Kier molecular flexibility index (Phi) is 7.00. The summed E-state index contributed by atoms with van der Waals surface area (Å²) in [5.74, 6) is 0.462. The van der Waals surface area contributed by atoms with E-state index in [-0.39, 0.29) is 23.9 Å².